The Labute approximate surface area is 123 Å². The number of nitrogens with zero attached hydrogens (tertiary/aromatic N) is 1. The lowest BCUT2D eigenvalue weighted by Gasteiger charge is -2.15. The molecule has 0 spiro atoms. The SMILES string of the molecule is CCNc1ccnc(C(=O)NC(CC)c2cccs2)c1. The van der Waals surface area contributed by atoms with Gasteiger partial charge in [-0.2, -0.15) is 0 Å². The van der Waals surface area contributed by atoms with Crippen LogP contribution in [0.4, 0.5) is 5.69 Å². The topological polar surface area (TPSA) is 54.0 Å². The molecule has 0 aliphatic rings. The molecule has 20 heavy (non-hydrogen) atoms. The molecule has 0 fully saturated rings. The molecule has 1 amide bonds. The largest absolute Gasteiger partial charge is 0.385 e. The fourth-order valence-electron chi connectivity index (χ4n) is 1.96. The first-order valence-corrected chi connectivity index (χ1v) is 7.66. The van der Waals surface area contributed by atoms with E-state index in [1.54, 1.807) is 23.6 Å². The summed E-state index contributed by atoms with van der Waals surface area (Å²) in [6, 6.07) is 7.73. The number of amides is 1. The lowest BCUT2D eigenvalue weighted by molar-refractivity contribution is 0.0931. The third kappa shape index (κ3) is 3.57. The number of hydrogen-bond acceptors (Lipinski definition) is 4. The second-order valence-electron chi connectivity index (χ2n) is 4.41. The summed E-state index contributed by atoms with van der Waals surface area (Å²) in [6.45, 7) is 4.90. The first kappa shape index (κ1) is 14.5. The molecule has 1 unspecified atom stereocenters. The zero-order valence-corrected chi connectivity index (χ0v) is 12.5. The average molecular weight is 289 g/mol. The molecule has 2 N–H and O–H groups in total. The van der Waals surface area contributed by atoms with Gasteiger partial charge in [0, 0.05) is 23.3 Å². The molecule has 0 bridgehead atoms. The number of carbonyl (C=O) groups excluding carboxylic acids is 1. The number of anilines is 1. The molecule has 2 aromatic rings. The van der Waals surface area contributed by atoms with Gasteiger partial charge < -0.3 is 10.6 Å². The van der Waals surface area contributed by atoms with Crippen LogP contribution in [0.15, 0.2) is 35.8 Å². The molecule has 0 saturated carbocycles. The molecule has 0 radical (unpaired) electrons. The highest BCUT2D eigenvalue weighted by Gasteiger charge is 2.15. The maximum absolute atomic E-state index is 12.3. The van der Waals surface area contributed by atoms with E-state index in [4.69, 9.17) is 0 Å². The molecule has 106 valence electrons. The van der Waals surface area contributed by atoms with Crippen LogP contribution in [0.1, 0.15) is 41.7 Å². The molecule has 5 heteroatoms. The maximum Gasteiger partial charge on any atom is 0.270 e. The summed E-state index contributed by atoms with van der Waals surface area (Å²) in [4.78, 5) is 17.6. The van der Waals surface area contributed by atoms with Crippen molar-refractivity contribution in [1.82, 2.24) is 10.3 Å². The van der Waals surface area contributed by atoms with Gasteiger partial charge >= 0.3 is 0 Å². The average Bonchev–Trinajstić information content (AvgIpc) is 2.99. The fraction of sp³-hybridized carbons (Fsp3) is 0.333. The number of aromatic nitrogens is 1. The van der Waals surface area contributed by atoms with Crippen LogP contribution in [0.2, 0.25) is 0 Å². The minimum Gasteiger partial charge on any atom is -0.385 e. The predicted molar refractivity (Wildman–Crippen MR) is 83.2 cm³/mol. The minimum absolute atomic E-state index is 0.0482. The molecular weight excluding hydrogens is 270 g/mol. The number of thiophene rings is 1. The van der Waals surface area contributed by atoms with E-state index in [9.17, 15) is 4.79 Å². The van der Waals surface area contributed by atoms with Crippen molar-refractivity contribution in [1.29, 1.82) is 0 Å². The molecule has 0 aliphatic heterocycles. The van der Waals surface area contributed by atoms with Gasteiger partial charge in [0.05, 0.1) is 6.04 Å². The van der Waals surface area contributed by atoms with Crippen LogP contribution in [0.5, 0.6) is 0 Å². The number of carbonyl (C=O) groups is 1. The Morgan fingerprint density at radius 3 is 2.90 bits per heavy atom. The Balaban J connectivity index is 2.09. The van der Waals surface area contributed by atoms with Crippen LogP contribution in [0.25, 0.3) is 0 Å². The highest BCUT2D eigenvalue weighted by atomic mass is 32.1. The quantitative estimate of drug-likeness (QED) is 0.856. The number of pyridine rings is 1. The molecular formula is C15H19N3OS. The van der Waals surface area contributed by atoms with E-state index in [-0.39, 0.29) is 11.9 Å². The van der Waals surface area contributed by atoms with E-state index < -0.39 is 0 Å². The van der Waals surface area contributed by atoms with Crippen molar-refractivity contribution < 1.29 is 4.79 Å². The number of rotatable bonds is 6. The van der Waals surface area contributed by atoms with Crippen molar-refractivity contribution in [3.63, 3.8) is 0 Å². The smallest absolute Gasteiger partial charge is 0.270 e. The number of nitrogens with one attached hydrogen (secondary N) is 2. The van der Waals surface area contributed by atoms with Crippen LogP contribution in [-0.2, 0) is 0 Å². The van der Waals surface area contributed by atoms with E-state index >= 15 is 0 Å². The van der Waals surface area contributed by atoms with Gasteiger partial charge in [0.15, 0.2) is 0 Å². The van der Waals surface area contributed by atoms with Gasteiger partial charge in [-0.05, 0) is 36.9 Å². The van der Waals surface area contributed by atoms with Crippen LogP contribution < -0.4 is 10.6 Å². The highest BCUT2D eigenvalue weighted by molar-refractivity contribution is 7.10. The standard InChI is InChI=1S/C15H19N3OS/c1-3-12(14-6-5-9-20-14)18-15(19)13-10-11(16-4-2)7-8-17-13/h5-10,12H,3-4H2,1-2H3,(H,16,17)(H,18,19). The zero-order chi connectivity index (χ0) is 14.4. The summed E-state index contributed by atoms with van der Waals surface area (Å²) >= 11 is 1.66. The van der Waals surface area contributed by atoms with E-state index in [1.165, 1.54) is 4.88 Å². The Hall–Kier alpha value is -1.88. The first-order chi connectivity index (χ1) is 9.74. The summed E-state index contributed by atoms with van der Waals surface area (Å²) in [5.41, 5.74) is 1.36. The maximum atomic E-state index is 12.3. The molecule has 0 aliphatic carbocycles. The molecule has 0 aromatic carbocycles. The van der Waals surface area contributed by atoms with E-state index in [1.807, 2.05) is 30.5 Å². The molecule has 2 rings (SSSR count). The van der Waals surface area contributed by atoms with E-state index in [0.717, 1.165) is 18.7 Å². The van der Waals surface area contributed by atoms with Crippen molar-refractivity contribution in [3.8, 4) is 0 Å². The van der Waals surface area contributed by atoms with Crippen molar-refractivity contribution in [2.24, 2.45) is 0 Å². The van der Waals surface area contributed by atoms with Gasteiger partial charge in [-0.25, -0.2) is 0 Å². The van der Waals surface area contributed by atoms with Crippen LogP contribution in [0, 0.1) is 0 Å². The summed E-state index contributed by atoms with van der Waals surface area (Å²) < 4.78 is 0. The lowest BCUT2D eigenvalue weighted by atomic mass is 10.2. The van der Waals surface area contributed by atoms with Gasteiger partial charge in [-0.3, -0.25) is 9.78 Å². The van der Waals surface area contributed by atoms with Crippen LogP contribution in [0.3, 0.4) is 0 Å². The van der Waals surface area contributed by atoms with Gasteiger partial charge in [-0.1, -0.05) is 13.0 Å². The van der Waals surface area contributed by atoms with Gasteiger partial charge in [0.25, 0.3) is 5.91 Å². The summed E-state index contributed by atoms with van der Waals surface area (Å²) in [7, 11) is 0. The molecule has 2 heterocycles. The monoisotopic (exact) mass is 289 g/mol. The van der Waals surface area contributed by atoms with Gasteiger partial charge in [-0.15, -0.1) is 11.3 Å². The molecule has 1 atom stereocenters. The summed E-state index contributed by atoms with van der Waals surface area (Å²) in [6.07, 6.45) is 2.51. The Morgan fingerprint density at radius 1 is 1.40 bits per heavy atom. The second kappa shape index (κ2) is 7.05. The second-order valence-corrected chi connectivity index (χ2v) is 5.39. The first-order valence-electron chi connectivity index (χ1n) is 6.78. The van der Waals surface area contributed by atoms with Crippen LogP contribution >= 0.6 is 11.3 Å². The van der Waals surface area contributed by atoms with Crippen molar-refractivity contribution in [3.05, 3.63) is 46.4 Å². The van der Waals surface area contributed by atoms with Gasteiger partial charge in [0.2, 0.25) is 0 Å². The Morgan fingerprint density at radius 2 is 2.25 bits per heavy atom. The zero-order valence-electron chi connectivity index (χ0n) is 11.7. The third-order valence-corrected chi connectivity index (χ3v) is 3.96. The highest BCUT2D eigenvalue weighted by Crippen LogP contribution is 2.22. The van der Waals surface area contributed by atoms with Crippen molar-refractivity contribution in [2.45, 2.75) is 26.3 Å². The lowest BCUT2D eigenvalue weighted by Crippen LogP contribution is -2.28. The van der Waals surface area contributed by atoms with Crippen molar-refractivity contribution >= 4 is 22.9 Å². The Bertz CT molecular complexity index is 554. The molecule has 2 aromatic heterocycles. The fourth-order valence-corrected chi connectivity index (χ4v) is 2.83. The van der Waals surface area contributed by atoms with Crippen LogP contribution in [-0.4, -0.2) is 17.4 Å². The van der Waals surface area contributed by atoms with E-state index in [0.29, 0.717) is 5.69 Å². The Kier molecular flexibility index (Phi) is 5.12. The van der Waals surface area contributed by atoms with Gasteiger partial charge in [0.1, 0.15) is 5.69 Å². The minimum atomic E-state index is -0.134. The summed E-state index contributed by atoms with van der Waals surface area (Å²) in [5, 5.41) is 8.24. The predicted octanol–water partition coefficient (Wildman–Crippen LogP) is 3.46. The third-order valence-electron chi connectivity index (χ3n) is 2.97. The van der Waals surface area contributed by atoms with Crippen molar-refractivity contribution in [2.75, 3.05) is 11.9 Å². The summed E-state index contributed by atoms with van der Waals surface area (Å²) in [5.74, 6) is -0.134. The number of hydrogen-bond donors (Lipinski definition) is 2. The molecule has 4 nitrogen and oxygen atoms in total. The van der Waals surface area contributed by atoms with E-state index in [2.05, 4.69) is 22.5 Å². The molecule has 0 saturated heterocycles. The normalized spacial score (nSPS) is 11.9.